The van der Waals surface area contributed by atoms with Gasteiger partial charge in [0, 0.05) is 0 Å². The molecule has 0 saturated heterocycles. The van der Waals surface area contributed by atoms with Gasteiger partial charge in [0.05, 0.1) is 0 Å². The molecule has 0 bridgehead atoms. The molecule has 0 aliphatic carbocycles. The van der Waals surface area contributed by atoms with Crippen molar-refractivity contribution < 1.29 is 24.6 Å². The van der Waals surface area contributed by atoms with E-state index in [4.69, 9.17) is 0 Å². The minimum absolute atomic E-state index is 0. The van der Waals surface area contributed by atoms with Crippen LogP contribution in [-0.2, 0) is 0 Å². The molecule has 0 heterocycles. The first-order valence-corrected chi connectivity index (χ1v) is 3.40. The van der Waals surface area contributed by atoms with Crippen LogP contribution in [0.25, 0.3) is 0 Å². The third-order valence-electron chi connectivity index (χ3n) is 0. The number of rotatable bonds is 0. The average Bonchev–Trinajstić information content (AvgIpc) is 0.592. The molecule has 0 atom stereocenters. The summed E-state index contributed by atoms with van der Waals surface area (Å²) in [5.41, 5.74) is 0. The van der Waals surface area contributed by atoms with Crippen LogP contribution < -0.4 is 0 Å². The Labute approximate surface area is 87.2 Å². The second kappa shape index (κ2) is 2.60. The maximum Gasteiger partial charge on any atom is 1.00 e. The Morgan fingerprint density at radius 1 is 0.556 bits per heavy atom. The summed E-state index contributed by atoms with van der Waals surface area (Å²) in [5.74, 6) is 0. The SMILES string of the molecule is F[Si-2](F)(F)(F)(F)F.[Tl+].[Tl+]. The van der Waals surface area contributed by atoms with Crippen LogP contribution in [0.15, 0.2) is 0 Å². The van der Waals surface area contributed by atoms with Gasteiger partial charge in [0.25, 0.3) is 0 Å². The molecule has 0 N–H and O–H groups in total. The van der Waals surface area contributed by atoms with Crippen molar-refractivity contribution in [2.24, 2.45) is 0 Å². The van der Waals surface area contributed by atoms with E-state index in [1.807, 2.05) is 0 Å². The largest absolute Gasteiger partial charge is 1.00 e. The molecule has 0 fully saturated rings. The van der Waals surface area contributed by atoms with Gasteiger partial charge in [0.15, 0.2) is 0 Å². The summed E-state index contributed by atoms with van der Waals surface area (Å²) < 4.78 is 59.3. The second-order valence-electron chi connectivity index (χ2n) is 1.07. The summed E-state index contributed by atoms with van der Waals surface area (Å²) in [6, 6.07) is 0. The van der Waals surface area contributed by atoms with E-state index < -0.39 is 8.63 Å². The van der Waals surface area contributed by atoms with Gasteiger partial charge in [0.2, 0.25) is 0 Å². The number of hydrogen-bond donors (Lipinski definition) is 0. The van der Waals surface area contributed by atoms with E-state index >= 15 is 0 Å². The quantitative estimate of drug-likeness (QED) is 0.243. The first kappa shape index (κ1) is 16.9. The monoisotopic (exact) mass is 552 g/mol. The minimum atomic E-state index is -10.8. The molecule has 0 aromatic carbocycles. The van der Waals surface area contributed by atoms with Gasteiger partial charge in [-0.25, -0.2) is 0 Å². The molecule has 0 radical (unpaired) electrons. The predicted octanol–water partition coefficient (Wildman–Crippen LogP) is 1.38. The second-order valence-corrected chi connectivity index (χ2v) is 3.21. The third kappa shape index (κ3) is 209. The molecule has 0 saturated carbocycles. The molecule has 0 aromatic rings. The van der Waals surface area contributed by atoms with Crippen LogP contribution in [-0.4, -0.2) is 63.2 Å². The van der Waals surface area contributed by atoms with E-state index in [0.717, 1.165) is 0 Å². The summed E-state index contributed by atoms with van der Waals surface area (Å²) in [6.07, 6.45) is 0. The first-order valence-electron chi connectivity index (χ1n) is 1.13. The van der Waals surface area contributed by atoms with Crippen molar-refractivity contribution >= 4 is 63.2 Å². The topological polar surface area (TPSA) is 0 Å². The van der Waals surface area contributed by atoms with Gasteiger partial charge in [-0.2, -0.15) is 0 Å². The molecular weight excluding hydrogens is 551 g/mol. The molecule has 0 aliphatic rings. The van der Waals surface area contributed by atoms with Crippen molar-refractivity contribution in [3.8, 4) is 0 Å². The maximum absolute atomic E-state index is 10.8. The van der Waals surface area contributed by atoms with Crippen molar-refractivity contribution in [3.63, 3.8) is 0 Å². The van der Waals surface area contributed by atoms with Crippen molar-refractivity contribution in [2.75, 3.05) is 0 Å². The normalized spacial score (nSPS) is 18.0. The van der Waals surface area contributed by atoms with Crippen LogP contribution >= 0.6 is 0 Å². The van der Waals surface area contributed by atoms with Gasteiger partial charge >= 0.3 is 87.9 Å². The summed E-state index contributed by atoms with van der Waals surface area (Å²) in [7, 11) is -10.8. The molecule has 0 aromatic heterocycles. The smallest absolute Gasteiger partial charge is 1.00 e. The summed E-state index contributed by atoms with van der Waals surface area (Å²) in [4.78, 5) is 0. The van der Waals surface area contributed by atoms with Gasteiger partial charge in [-0.1, -0.05) is 0 Å². The fourth-order valence-electron chi connectivity index (χ4n) is 0. The fourth-order valence-corrected chi connectivity index (χ4v) is 0. The standard InChI is InChI=1S/F6Si.2Tl/c1-7(2,3,4,5)6;;/q-2;2*+1. The van der Waals surface area contributed by atoms with E-state index in [-0.39, 0.29) is 54.6 Å². The Kier molecular flexibility index (Phi) is 4.89. The van der Waals surface area contributed by atoms with E-state index in [9.17, 15) is 24.6 Å². The van der Waals surface area contributed by atoms with Gasteiger partial charge in [0.1, 0.15) is 0 Å². The van der Waals surface area contributed by atoms with Crippen molar-refractivity contribution in [2.45, 2.75) is 0 Å². The Morgan fingerprint density at radius 3 is 0.556 bits per heavy atom. The number of halogens is 6. The molecule has 0 amide bonds. The summed E-state index contributed by atoms with van der Waals surface area (Å²) >= 11 is 0. The van der Waals surface area contributed by atoms with E-state index in [1.54, 1.807) is 0 Å². The zero-order chi connectivity index (χ0) is 6.41. The molecule has 0 nitrogen and oxygen atoms in total. The zero-order valence-electron chi connectivity index (χ0n) is 3.92. The van der Waals surface area contributed by atoms with Crippen LogP contribution in [0.5, 0.6) is 0 Å². The van der Waals surface area contributed by atoms with Crippen LogP contribution in [0, 0.1) is 0 Å². The van der Waals surface area contributed by atoms with Crippen LogP contribution in [0.1, 0.15) is 0 Å². The summed E-state index contributed by atoms with van der Waals surface area (Å²) in [6.45, 7) is 0. The van der Waals surface area contributed by atoms with E-state index in [2.05, 4.69) is 0 Å². The predicted molar refractivity (Wildman–Crippen MR) is 23.9 cm³/mol. The van der Waals surface area contributed by atoms with Gasteiger partial charge in [-0.3, -0.25) is 0 Å². The summed E-state index contributed by atoms with van der Waals surface area (Å²) in [5, 5.41) is 0. The molecule has 9 heteroatoms. The average molecular weight is 551 g/mol. The first-order chi connectivity index (χ1) is 2.45. The fraction of sp³-hybridized carbons (Fsp3) is 0. The van der Waals surface area contributed by atoms with Gasteiger partial charge in [-0.15, -0.1) is 0 Å². The van der Waals surface area contributed by atoms with Gasteiger partial charge in [-0.05, 0) is 0 Å². The molecule has 0 aliphatic heterocycles. The molecule has 0 unspecified atom stereocenters. The van der Waals surface area contributed by atoms with Crippen LogP contribution in [0.2, 0.25) is 0 Å². The van der Waals surface area contributed by atoms with Crippen LogP contribution in [0.4, 0.5) is 24.6 Å². The Morgan fingerprint density at radius 2 is 0.556 bits per heavy atom. The van der Waals surface area contributed by atoms with Crippen molar-refractivity contribution in [1.29, 1.82) is 0 Å². The van der Waals surface area contributed by atoms with Crippen LogP contribution in [0.3, 0.4) is 0 Å². The molecular formula is F6SiTl2. The van der Waals surface area contributed by atoms with Gasteiger partial charge < -0.3 is 0 Å². The Balaban J connectivity index is -0.000000180. The van der Waals surface area contributed by atoms with Crippen molar-refractivity contribution in [1.82, 2.24) is 0 Å². The molecule has 9 heavy (non-hydrogen) atoms. The molecule has 0 rings (SSSR count). The minimum Gasteiger partial charge on any atom is 1.00 e. The molecule has 52 valence electrons. The van der Waals surface area contributed by atoms with Crippen molar-refractivity contribution in [3.05, 3.63) is 0 Å². The maximum atomic E-state index is 9.88. The Hall–Kier alpha value is 1.64. The van der Waals surface area contributed by atoms with E-state index in [0.29, 0.717) is 0 Å². The third-order valence-corrected chi connectivity index (χ3v) is 0. The zero-order valence-corrected chi connectivity index (χ0v) is 13.9. The Bertz CT molecular complexity index is 69.6. The molecule has 0 spiro atoms. The van der Waals surface area contributed by atoms with E-state index in [1.165, 1.54) is 0 Å². The number of hydrogen-bond acceptors (Lipinski definition) is 0.